The molecule has 0 atom stereocenters. The Morgan fingerprint density at radius 3 is 2.93 bits per heavy atom. The molecule has 1 amide bonds. The minimum Gasteiger partial charge on any atom is -0.492 e. The van der Waals surface area contributed by atoms with Crippen molar-refractivity contribution in [2.45, 2.75) is 26.4 Å². The second-order valence-electron chi connectivity index (χ2n) is 7.83. The Hall–Kier alpha value is -3.06. The molecule has 0 spiro atoms. The lowest BCUT2D eigenvalue weighted by Gasteiger charge is -2.23. The number of hydrogen-bond acceptors (Lipinski definition) is 5. The second kappa shape index (κ2) is 8.75. The van der Waals surface area contributed by atoms with Gasteiger partial charge in [0, 0.05) is 42.2 Å². The number of nitrogens with one attached hydrogen (secondary N) is 1. The molecule has 2 N–H and O–H groups in total. The molecule has 1 saturated carbocycles. The van der Waals surface area contributed by atoms with Gasteiger partial charge in [-0.1, -0.05) is 6.58 Å². The van der Waals surface area contributed by atoms with Crippen LogP contribution in [-0.2, 0) is 11.4 Å². The van der Waals surface area contributed by atoms with Crippen molar-refractivity contribution in [3.05, 3.63) is 54.0 Å². The van der Waals surface area contributed by atoms with E-state index in [1.165, 1.54) is 0 Å². The van der Waals surface area contributed by atoms with Crippen LogP contribution in [0.3, 0.4) is 0 Å². The monoisotopic (exact) mass is 408 g/mol. The van der Waals surface area contributed by atoms with Crippen LogP contribution in [0, 0.1) is 12.8 Å². The molecule has 1 aliphatic heterocycles. The van der Waals surface area contributed by atoms with Crippen molar-refractivity contribution in [2.75, 3.05) is 26.2 Å². The minimum atomic E-state index is -0.0743. The van der Waals surface area contributed by atoms with E-state index in [-0.39, 0.29) is 18.4 Å². The van der Waals surface area contributed by atoms with Crippen LogP contribution >= 0.6 is 0 Å². The number of aromatic nitrogens is 2. The number of carbonyl (C=O) groups excluding carboxylic acids is 1. The highest BCUT2D eigenvalue weighted by molar-refractivity contribution is 5.81. The van der Waals surface area contributed by atoms with Crippen LogP contribution in [0.15, 0.2) is 42.7 Å². The molecule has 1 aromatic heterocycles. The van der Waals surface area contributed by atoms with E-state index in [0.717, 1.165) is 40.9 Å². The lowest BCUT2D eigenvalue weighted by Crippen LogP contribution is -2.40. The molecule has 2 aromatic rings. The normalized spacial score (nSPS) is 18.5. The van der Waals surface area contributed by atoms with E-state index in [1.807, 2.05) is 48.5 Å². The van der Waals surface area contributed by atoms with Gasteiger partial charge < -0.3 is 20.1 Å². The van der Waals surface area contributed by atoms with Crippen molar-refractivity contribution >= 4 is 12.1 Å². The molecule has 2 heterocycles. The van der Waals surface area contributed by atoms with Gasteiger partial charge in [-0.15, -0.1) is 0 Å². The molecular formula is C23H28N4O3. The zero-order valence-electron chi connectivity index (χ0n) is 17.3. The van der Waals surface area contributed by atoms with E-state index >= 15 is 0 Å². The number of rotatable bonds is 2. The number of aliphatic hydroxyl groups is 1. The van der Waals surface area contributed by atoms with Crippen molar-refractivity contribution < 1.29 is 14.6 Å². The largest absolute Gasteiger partial charge is 0.492 e. The Morgan fingerprint density at radius 1 is 1.33 bits per heavy atom. The van der Waals surface area contributed by atoms with Gasteiger partial charge in [0.1, 0.15) is 12.4 Å². The van der Waals surface area contributed by atoms with Crippen LogP contribution in [0.5, 0.6) is 5.75 Å². The van der Waals surface area contributed by atoms with E-state index < -0.39 is 0 Å². The predicted octanol–water partition coefficient (Wildman–Crippen LogP) is 2.56. The minimum absolute atomic E-state index is 0.0743. The third kappa shape index (κ3) is 4.57. The first-order valence-corrected chi connectivity index (χ1v) is 10.4. The Balaban J connectivity index is 1.64. The number of fused-ring (bicyclic) bond motifs is 5. The Bertz CT molecular complexity index is 975. The summed E-state index contributed by atoms with van der Waals surface area (Å²) in [6, 6.07) is 5.74. The Kier molecular flexibility index (Phi) is 5.90. The first-order chi connectivity index (χ1) is 14.5. The summed E-state index contributed by atoms with van der Waals surface area (Å²) in [5.41, 5.74) is 4.42. The SMILES string of the molecule is C=C1/C=C\n2ncc(c2C)-c2cc(CO)cc(c2)OCCN(C(=O)C2CC2)CCN1. The average molecular weight is 409 g/mol. The van der Waals surface area contributed by atoms with E-state index in [2.05, 4.69) is 17.0 Å². The van der Waals surface area contributed by atoms with Crippen LogP contribution in [0.2, 0.25) is 0 Å². The number of benzene rings is 1. The van der Waals surface area contributed by atoms with Gasteiger partial charge in [0.15, 0.2) is 0 Å². The van der Waals surface area contributed by atoms with Crippen molar-refractivity contribution in [3.63, 3.8) is 0 Å². The smallest absolute Gasteiger partial charge is 0.225 e. The maximum atomic E-state index is 12.6. The topological polar surface area (TPSA) is 79.6 Å². The number of hydrogen-bond donors (Lipinski definition) is 2. The number of ether oxygens (including phenoxy) is 1. The zero-order valence-corrected chi connectivity index (χ0v) is 17.3. The first-order valence-electron chi connectivity index (χ1n) is 10.4. The van der Waals surface area contributed by atoms with Crippen LogP contribution in [0.1, 0.15) is 24.1 Å². The van der Waals surface area contributed by atoms with Gasteiger partial charge in [-0.05, 0) is 55.2 Å². The van der Waals surface area contributed by atoms with Gasteiger partial charge in [-0.3, -0.25) is 4.79 Å². The highest BCUT2D eigenvalue weighted by Gasteiger charge is 2.33. The highest BCUT2D eigenvalue weighted by Crippen LogP contribution is 2.31. The van der Waals surface area contributed by atoms with Crippen molar-refractivity contribution in [2.24, 2.45) is 5.92 Å². The van der Waals surface area contributed by atoms with Gasteiger partial charge in [0.2, 0.25) is 5.91 Å². The van der Waals surface area contributed by atoms with E-state index in [0.29, 0.717) is 32.0 Å². The lowest BCUT2D eigenvalue weighted by atomic mass is 10.0. The summed E-state index contributed by atoms with van der Waals surface area (Å²) < 4.78 is 7.79. The van der Waals surface area contributed by atoms with E-state index in [1.54, 1.807) is 4.68 Å². The molecule has 4 rings (SSSR count). The predicted molar refractivity (Wildman–Crippen MR) is 116 cm³/mol. The van der Waals surface area contributed by atoms with Gasteiger partial charge in [0.05, 0.1) is 19.3 Å². The van der Waals surface area contributed by atoms with Gasteiger partial charge >= 0.3 is 0 Å². The van der Waals surface area contributed by atoms with Crippen LogP contribution in [0.25, 0.3) is 17.3 Å². The summed E-state index contributed by atoms with van der Waals surface area (Å²) >= 11 is 0. The molecule has 0 unspecified atom stereocenters. The molecule has 1 fully saturated rings. The first kappa shape index (κ1) is 20.2. The lowest BCUT2D eigenvalue weighted by molar-refractivity contribution is -0.132. The van der Waals surface area contributed by atoms with Crippen molar-refractivity contribution in [1.82, 2.24) is 20.0 Å². The van der Waals surface area contributed by atoms with E-state index in [4.69, 9.17) is 4.74 Å². The molecule has 7 nitrogen and oxygen atoms in total. The summed E-state index contributed by atoms with van der Waals surface area (Å²) in [6.07, 6.45) is 7.50. The van der Waals surface area contributed by atoms with Crippen LogP contribution < -0.4 is 10.1 Å². The third-order valence-corrected chi connectivity index (χ3v) is 5.52. The van der Waals surface area contributed by atoms with Gasteiger partial charge in [-0.2, -0.15) is 5.10 Å². The molecule has 0 saturated heterocycles. The third-order valence-electron chi connectivity index (χ3n) is 5.52. The Labute approximate surface area is 176 Å². The molecule has 158 valence electrons. The molecule has 1 aliphatic carbocycles. The van der Waals surface area contributed by atoms with Crippen LogP contribution in [-0.4, -0.2) is 51.9 Å². The highest BCUT2D eigenvalue weighted by atomic mass is 16.5. The molecule has 1 aromatic carbocycles. The van der Waals surface area contributed by atoms with Crippen molar-refractivity contribution in [3.8, 4) is 16.9 Å². The number of allylic oxidation sites excluding steroid dienone is 1. The quantitative estimate of drug-likeness (QED) is 0.798. The summed E-state index contributed by atoms with van der Waals surface area (Å²) in [4.78, 5) is 14.5. The molecule has 2 aliphatic rings. The summed E-state index contributed by atoms with van der Waals surface area (Å²) in [6.45, 7) is 8.10. The molecule has 7 heteroatoms. The van der Waals surface area contributed by atoms with E-state index in [9.17, 15) is 9.90 Å². The summed E-state index contributed by atoms with van der Waals surface area (Å²) in [5, 5.41) is 17.4. The van der Waals surface area contributed by atoms with Crippen LogP contribution in [0.4, 0.5) is 0 Å². The second-order valence-corrected chi connectivity index (χ2v) is 7.83. The zero-order chi connectivity index (χ0) is 21.1. The van der Waals surface area contributed by atoms with Crippen molar-refractivity contribution in [1.29, 1.82) is 0 Å². The summed E-state index contributed by atoms with van der Waals surface area (Å²) in [5.74, 6) is 1.04. The molecular weight excluding hydrogens is 380 g/mol. The number of aliphatic hydroxyl groups excluding tert-OH is 1. The van der Waals surface area contributed by atoms with Gasteiger partial charge in [0.25, 0.3) is 0 Å². The summed E-state index contributed by atoms with van der Waals surface area (Å²) in [7, 11) is 0. The molecule has 4 bridgehead atoms. The maximum Gasteiger partial charge on any atom is 0.225 e. The fraction of sp³-hybridized carbons (Fsp3) is 0.391. The number of nitrogens with zero attached hydrogens (tertiary/aromatic N) is 3. The molecule has 30 heavy (non-hydrogen) atoms. The fourth-order valence-corrected chi connectivity index (χ4v) is 3.61. The fourth-order valence-electron chi connectivity index (χ4n) is 3.61. The standard InChI is InChI=1S/C23H28N4O3/c1-16-5-7-27-17(2)22(14-25-27)20-11-18(15-28)12-21(13-20)30-10-9-26(8-6-24-16)23(29)19-3-4-19/h5,7,11-14,19,24,28H,1,3-4,6,8-10,15H2,2H3/b7-5-. The Morgan fingerprint density at radius 2 is 2.17 bits per heavy atom. The molecule has 0 radical (unpaired) electrons. The number of carbonyl (C=O) groups is 1. The average Bonchev–Trinajstić information content (AvgIpc) is 3.53. The number of amides is 1. The maximum absolute atomic E-state index is 12.6. The van der Waals surface area contributed by atoms with Gasteiger partial charge in [-0.25, -0.2) is 4.68 Å².